The fourth-order valence-corrected chi connectivity index (χ4v) is 3.86. The van der Waals surface area contributed by atoms with Crippen LogP contribution < -0.4 is 0 Å². The molecule has 6 nitrogen and oxygen atoms in total. The first-order valence-electron chi connectivity index (χ1n) is 8.41. The second-order valence-corrected chi connectivity index (χ2v) is 6.64. The predicted molar refractivity (Wildman–Crippen MR) is 79.0 cm³/mol. The van der Waals surface area contributed by atoms with Crippen molar-refractivity contribution in [1.29, 1.82) is 0 Å². The van der Waals surface area contributed by atoms with Crippen molar-refractivity contribution in [2.45, 2.75) is 57.4 Å². The lowest BCUT2D eigenvalue weighted by atomic mass is 9.86. The second kappa shape index (κ2) is 6.67. The molecule has 0 aromatic rings. The standard InChI is InChI=1S/C16H24N2O4/c19-14(10-12-4-2-1-3-5-12)17-8-6-13(7-9-17)18-15(20)11-22-16(18)21/h12-13H,1-11H2. The first kappa shape index (κ1) is 15.3. The Balaban J connectivity index is 1.47. The van der Waals surface area contributed by atoms with Crippen molar-refractivity contribution in [1.82, 2.24) is 9.80 Å². The zero-order chi connectivity index (χ0) is 15.5. The predicted octanol–water partition coefficient (Wildman–Crippen LogP) is 1.93. The topological polar surface area (TPSA) is 66.9 Å². The third-order valence-corrected chi connectivity index (χ3v) is 5.15. The minimum atomic E-state index is -0.531. The molecular weight excluding hydrogens is 284 g/mol. The third kappa shape index (κ3) is 3.25. The molecule has 3 amide bonds. The van der Waals surface area contributed by atoms with Gasteiger partial charge in [0.05, 0.1) is 0 Å². The number of hydrogen-bond acceptors (Lipinski definition) is 4. The van der Waals surface area contributed by atoms with Crippen molar-refractivity contribution in [3.8, 4) is 0 Å². The highest BCUT2D eigenvalue weighted by molar-refractivity contribution is 5.98. The Labute approximate surface area is 130 Å². The molecular formula is C16H24N2O4. The molecule has 22 heavy (non-hydrogen) atoms. The van der Waals surface area contributed by atoms with Crippen molar-refractivity contribution in [3.63, 3.8) is 0 Å². The lowest BCUT2D eigenvalue weighted by Crippen LogP contribution is -2.48. The number of nitrogens with zero attached hydrogens (tertiary/aromatic N) is 2. The summed E-state index contributed by atoms with van der Waals surface area (Å²) in [5, 5.41) is 0. The number of hydrogen-bond donors (Lipinski definition) is 0. The van der Waals surface area contributed by atoms with Gasteiger partial charge >= 0.3 is 6.09 Å². The number of rotatable bonds is 3. The van der Waals surface area contributed by atoms with Crippen LogP contribution in [0.15, 0.2) is 0 Å². The molecule has 6 heteroatoms. The molecule has 0 atom stereocenters. The van der Waals surface area contributed by atoms with E-state index in [0.29, 0.717) is 38.3 Å². The monoisotopic (exact) mass is 308 g/mol. The zero-order valence-corrected chi connectivity index (χ0v) is 13.0. The van der Waals surface area contributed by atoms with Crippen LogP contribution in [0.3, 0.4) is 0 Å². The van der Waals surface area contributed by atoms with E-state index >= 15 is 0 Å². The molecule has 3 rings (SSSR count). The number of carbonyl (C=O) groups excluding carboxylic acids is 3. The largest absolute Gasteiger partial charge is 0.439 e. The highest BCUT2D eigenvalue weighted by Crippen LogP contribution is 2.28. The number of ether oxygens (including phenoxy) is 1. The molecule has 2 saturated heterocycles. The Hall–Kier alpha value is -1.59. The van der Waals surface area contributed by atoms with Gasteiger partial charge in [-0.1, -0.05) is 19.3 Å². The molecule has 2 aliphatic heterocycles. The SMILES string of the molecule is O=C(CC1CCCCC1)N1CCC(N2C(=O)COC2=O)CC1. The number of piperidine rings is 1. The van der Waals surface area contributed by atoms with Gasteiger partial charge in [-0.25, -0.2) is 9.69 Å². The maximum Gasteiger partial charge on any atom is 0.417 e. The van der Waals surface area contributed by atoms with E-state index < -0.39 is 6.09 Å². The van der Waals surface area contributed by atoms with E-state index in [-0.39, 0.29) is 24.5 Å². The molecule has 0 spiro atoms. The Kier molecular flexibility index (Phi) is 4.64. The fourth-order valence-electron chi connectivity index (χ4n) is 3.86. The fraction of sp³-hybridized carbons (Fsp3) is 0.812. The van der Waals surface area contributed by atoms with Crippen molar-refractivity contribution >= 4 is 17.9 Å². The summed E-state index contributed by atoms with van der Waals surface area (Å²) in [6.45, 7) is 1.13. The van der Waals surface area contributed by atoms with Gasteiger partial charge in [0.15, 0.2) is 6.61 Å². The van der Waals surface area contributed by atoms with Crippen LogP contribution in [-0.2, 0) is 14.3 Å². The molecule has 0 N–H and O–H groups in total. The van der Waals surface area contributed by atoms with Crippen molar-refractivity contribution in [2.75, 3.05) is 19.7 Å². The van der Waals surface area contributed by atoms with Crippen LogP contribution in [0.1, 0.15) is 51.4 Å². The van der Waals surface area contributed by atoms with Crippen LogP contribution in [0.4, 0.5) is 4.79 Å². The van der Waals surface area contributed by atoms with Gasteiger partial charge in [0, 0.05) is 25.6 Å². The minimum absolute atomic E-state index is 0.110. The normalized spacial score (nSPS) is 24.7. The van der Waals surface area contributed by atoms with Crippen LogP contribution in [0.5, 0.6) is 0 Å². The number of imide groups is 1. The smallest absolute Gasteiger partial charge is 0.417 e. The summed E-state index contributed by atoms with van der Waals surface area (Å²) < 4.78 is 4.76. The van der Waals surface area contributed by atoms with E-state index in [9.17, 15) is 14.4 Å². The van der Waals surface area contributed by atoms with Gasteiger partial charge in [-0.3, -0.25) is 9.59 Å². The van der Waals surface area contributed by atoms with Gasteiger partial charge < -0.3 is 9.64 Å². The summed E-state index contributed by atoms with van der Waals surface area (Å²) in [5.41, 5.74) is 0. The molecule has 0 unspecified atom stereocenters. The maximum atomic E-state index is 12.4. The number of amides is 3. The van der Waals surface area contributed by atoms with Gasteiger partial charge in [-0.2, -0.15) is 0 Å². The molecule has 122 valence electrons. The summed E-state index contributed by atoms with van der Waals surface area (Å²) >= 11 is 0. The van der Waals surface area contributed by atoms with E-state index in [2.05, 4.69) is 0 Å². The first-order valence-corrected chi connectivity index (χ1v) is 8.41. The van der Waals surface area contributed by atoms with Crippen LogP contribution >= 0.6 is 0 Å². The van der Waals surface area contributed by atoms with E-state index in [1.165, 1.54) is 37.0 Å². The Morgan fingerprint density at radius 1 is 1.05 bits per heavy atom. The maximum absolute atomic E-state index is 12.4. The summed E-state index contributed by atoms with van der Waals surface area (Å²) in [5.74, 6) is 0.534. The minimum Gasteiger partial charge on any atom is -0.439 e. The average molecular weight is 308 g/mol. The summed E-state index contributed by atoms with van der Waals surface area (Å²) in [7, 11) is 0. The number of carbonyl (C=O) groups is 3. The highest BCUT2D eigenvalue weighted by Gasteiger charge is 2.39. The van der Waals surface area contributed by atoms with Crippen LogP contribution in [0.25, 0.3) is 0 Å². The summed E-state index contributed by atoms with van der Waals surface area (Å²) in [6, 6.07) is -0.110. The Morgan fingerprint density at radius 2 is 1.73 bits per heavy atom. The van der Waals surface area contributed by atoms with Gasteiger partial charge in [-0.05, 0) is 31.6 Å². The molecule has 2 heterocycles. The van der Waals surface area contributed by atoms with Crippen molar-refractivity contribution in [3.05, 3.63) is 0 Å². The van der Waals surface area contributed by atoms with Crippen LogP contribution in [-0.4, -0.2) is 53.4 Å². The molecule has 0 radical (unpaired) electrons. The molecule has 0 bridgehead atoms. The Morgan fingerprint density at radius 3 is 2.32 bits per heavy atom. The number of cyclic esters (lactones) is 1. The van der Waals surface area contributed by atoms with E-state index in [4.69, 9.17) is 4.74 Å². The van der Waals surface area contributed by atoms with E-state index in [1.807, 2.05) is 4.90 Å². The first-order chi connectivity index (χ1) is 10.6. The lowest BCUT2D eigenvalue weighted by molar-refractivity contribution is -0.134. The quantitative estimate of drug-likeness (QED) is 0.799. The third-order valence-electron chi connectivity index (χ3n) is 5.15. The second-order valence-electron chi connectivity index (χ2n) is 6.64. The van der Waals surface area contributed by atoms with E-state index in [1.54, 1.807) is 0 Å². The lowest BCUT2D eigenvalue weighted by Gasteiger charge is -2.35. The molecule has 0 aromatic carbocycles. The van der Waals surface area contributed by atoms with Crippen molar-refractivity contribution < 1.29 is 19.1 Å². The van der Waals surface area contributed by atoms with Gasteiger partial charge in [0.1, 0.15) is 0 Å². The highest BCUT2D eigenvalue weighted by atomic mass is 16.6. The summed E-state index contributed by atoms with van der Waals surface area (Å²) in [6.07, 6.45) is 7.61. The molecule has 1 saturated carbocycles. The zero-order valence-electron chi connectivity index (χ0n) is 13.0. The summed E-state index contributed by atoms with van der Waals surface area (Å²) in [4.78, 5) is 38.7. The number of likely N-dealkylation sites (tertiary alicyclic amines) is 1. The van der Waals surface area contributed by atoms with Gasteiger partial charge in [-0.15, -0.1) is 0 Å². The Bertz CT molecular complexity index is 435. The molecule has 1 aliphatic carbocycles. The van der Waals surface area contributed by atoms with Crippen LogP contribution in [0, 0.1) is 5.92 Å². The van der Waals surface area contributed by atoms with Gasteiger partial charge in [0.2, 0.25) is 5.91 Å². The molecule has 3 fully saturated rings. The van der Waals surface area contributed by atoms with Crippen LogP contribution in [0.2, 0.25) is 0 Å². The van der Waals surface area contributed by atoms with E-state index in [0.717, 1.165) is 0 Å². The van der Waals surface area contributed by atoms with Crippen molar-refractivity contribution in [2.24, 2.45) is 5.92 Å². The molecule has 0 aromatic heterocycles. The molecule has 3 aliphatic rings. The average Bonchev–Trinajstić information content (AvgIpc) is 2.87. The van der Waals surface area contributed by atoms with Gasteiger partial charge in [0.25, 0.3) is 5.91 Å².